The van der Waals surface area contributed by atoms with Gasteiger partial charge in [-0.3, -0.25) is 19.9 Å². The molecule has 1 fully saturated rings. The van der Waals surface area contributed by atoms with E-state index in [-0.39, 0.29) is 19.2 Å². The van der Waals surface area contributed by atoms with Crippen LogP contribution in [0.5, 0.6) is 0 Å². The molecule has 0 spiro atoms. The molecule has 0 atom stereocenters. The third-order valence-corrected chi connectivity index (χ3v) is 7.57. The van der Waals surface area contributed by atoms with Gasteiger partial charge in [-0.1, -0.05) is 50.4 Å². The molecule has 0 saturated heterocycles. The summed E-state index contributed by atoms with van der Waals surface area (Å²) in [5, 5.41) is 11.7. The van der Waals surface area contributed by atoms with Crippen LogP contribution < -0.4 is 16.0 Å². The van der Waals surface area contributed by atoms with Gasteiger partial charge in [-0.25, -0.2) is 0 Å². The Morgan fingerprint density at radius 1 is 1.13 bits per heavy atom. The lowest BCUT2D eigenvalue weighted by Crippen LogP contribution is -2.28. The Balaban J connectivity index is 0.00000248. The predicted molar refractivity (Wildman–Crippen MR) is 163 cm³/mol. The van der Waals surface area contributed by atoms with E-state index in [0.717, 1.165) is 29.7 Å². The van der Waals surface area contributed by atoms with E-state index < -0.39 is 0 Å². The van der Waals surface area contributed by atoms with E-state index in [9.17, 15) is 9.59 Å². The summed E-state index contributed by atoms with van der Waals surface area (Å²) in [5.41, 5.74) is 1.74. The van der Waals surface area contributed by atoms with E-state index in [2.05, 4.69) is 33.6 Å². The number of nitrogens with zero attached hydrogens (tertiary/aromatic N) is 1. The van der Waals surface area contributed by atoms with Crippen molar-refractivity contribution in [3.8, 4) is 0 Å². The quantitative estimate of drug-likeness (QED) is 0.112. The molecule has 0 radical (unpaired) electrons. The summed E-state index contributed by atoms with van der Waals surface area (Å²) in [7, 11) is 1.68. The van der Waals surface area contributed by atoms with Gasteiger partial charge in [-0.15, -0.1) is 11.3 Å². The molecule has 2 aromatic rings. The molecule has 1 saturated carbocycles. The van der Waals surface area contributed by atoms with Crippen LogP contribution in [0.3, 0.4) is 0 Å². The number of amidine groups is 1. The number of allylic oxidation sites excluding steroid dienone is 1. The smallest absolute Gasteiger partial charge is 0.251 e. The van der Waals surface area contributed by atoms with Crippen LogP contribution in [0.25, 0.3) is 0 Å². The van der Waals surface area contributed by atoms with Gasteiger partial charge in [-0.2, -0.15) is 0 Å². The van der Waals surface area contributed by atoms with Gasteiger partial charge >= 0.3 is 0 Å². The summed E-state index contributed by atoms with van der Waals surface area (Å²) in [6, 6.07) is 11.7. The molecule has 2 amide bonds. The van der Waals surface area contributed by atoms with Gasteiger partial charge in [0, 0.05) is 37.0 Å². The Morgan fingerprint density at radius 2 is 1.87 bits per heavy atom. The average Bonchev–Trinajstić information content (AvgIpc) is 3.67. The summed E-state index contributed by atoms with van der Waals surface area (Å²) in [5.74, 6) is 0.461. The van der Waals surface area contributed by atoms with Crippen molar-refractivity contribution in [2.75, 3.05) is 20.3 Å². The van der Waals surface area contributed by atoms with Crippen molar-refractivity contribution in [2.45, 2.75) is 59.1 Å². The molecule has 8 nitrogen and oxygen atoms in total. The Bertz CT molecular complexity index is 1020. The first kappa shape index (κ1) is 34.2. The number of rotatable bonds is 15. The molecule has 1 aromatic heterocycles. The van der Waals surface area contributed by atoms with Crippen molar-refractivity contribution in [3.63, 3.8) is 0 Å². The molecule has 3 N–H and O–H groups in total. The highest BCUT2D eigenvalue weighted by atomic mass is 32.2. The van der Waals surface area contributed by atoms with E-state index in [4.69, 9.17) is 9.53 Å². The molecule has 1 aromatic carbocycles. The number of thiophene rings is 1. The fourth-order valence-corrected chi connectivity index (χ4v) is 4.95. The Labute approximate surface area is 241 Å². The van der Waals surface area contributed by atoms with Crippen molar-refractivity contribution < 1.29 is 19.1 Å². The fourth-order valence-electron chi connectivity index (χ4n) is 3.40. The Hall–Kier alpha value is -2.79. The van der Waals surface area contributed by atoms with E-state index in [1.54, 1.807) is 18.4 Å². The third-order valence-electron chi connectivity index (χ3n) is 5.65. The van der Waals surface area contributed by atoms with Gasteiger partial charge in [0.05, 0.1) is 13.3 Å². The van der Waals surface area contributed by atoms with E-state index in [1.807, 2.05) is 42.5 Å². The summed E-state index contributed by atoms with van der Waals surface area (Å²) in [6.45, 7) is 8.42. The summed E-state index contributed by atoms with van der Waals surface area (Å²) in [6.07, 6.45) is 5.27. The number of nitrogens with one attached hydrogen (secondary N) is 3. The highest BCUT2D eigenvalue weighted by Gasteiger charge is 2.26. The molecule has 1 aliphatic rings. The van der Waals surface area contributed by atoms with Gasteiger partial charge in [-0.05, 0) is 65.6 Å². The van der Waals surface area contributed by atoms with Crippen LogP contribution >= 0.6 is 23.1 Å². The zero-order valence-electron chi connectivity index (χ0n) is 22.0. The fraction of sp³-hybridized carbons (Fsp3) is 0.448. The van der Waals surface area contributed by atoms with Crippen molar-refractivity contribution in [1.29, 1.82) is 0 Å². The van der Waals surface area contributed by atoms with Crippen LogP contribution in [-0.4, -0.2) is 44.1 Å². The zero-order chi connectivity index (χ0) is 27.6. The number of carbonyl (C=O) groups is 3. The number of amides is 2. The standard InChI is InChI=1S/C27H36N4O3S2.CH2O.CH4/c1-20(22-13-14-22)36-27(28-2)31-25(32)8-4-3-5-15-30-26(33)23-11-9-21(10-12-23)17-29-19-34-18-24-7-6-16-35-24;1-2;/h6-7,9-12,16,22,29H,1,3-5,8,13-15,17-19H2,2H3,(H,30,33)(H,28,31,32);1H2;1H4. The lowest BCUT2D eigenvalue weighted by atomic mass is 10.1. The lowest BCUT2D eigenvalue weighted by molar-refractivity contribution is -0.119. The van der Waals surface area contributed by atoms with Crippen LogP contribution in [0.1, 0.15) is 66.8 Å². The molecule has 10 heteroatoms. The topological polar surface area (TPSA) is 109 Å². The second-order valence-corrected chi connectivity index (χ2v) is 10.8. The monoisotopic (exact) mass is 574 g/mol. The van der Waals surface area contributed by atoms with Gasteiger partial charge in [0.15, 0.2) is 5.17 Å². The molecule has 214 valence electrons. The summed E-state index contributed by atoms with van der Waals surface area (Å²) < 4.78 is 5.60. The van der Waals surface area contributed by atoms with Crippen LogP contribution in [0, 0.1) is 5.92 Å². The number of unbranched alkanes of at least 4 members (excludes halogenated alkanes) is 2. The Kier molecular flexibility index (Phi) is 17.7. The molecule has 0 bridgehead atoms. The molecule has 3 rings (SSSR count). The third kappa shape index (κ3) is 14.2. The average molecular weight is 575 g/mol. The number of benzene rings is 1. The largest absolute Gasteiger partial charge is 0.361 e. The predicted octanol–water partition coefficient (Wildman–Crippen LogP) is 5.51. The lowest BCUT2D eigenvalue weighted by Gasteiger charge is -2.09. The number of hydrogen-bond donors (Lipinski definition) is 3. The summed E-state index contributed by atoms with van der Waals surface area (Å²) >= 11 is 3.15. The van der Waals surface area contributed by atoms with Crippen LogP contribution in [0.15, 0.2) is 58.3 Å². The first-order chi connectivity index (χ1) is 18.5. The second-order valence-electron chi connectivity index (χ2n) is 8.68. The molecule has 1 aliphatic carbocycles. The van der Waals surface area contributed by atoms with Crippen molar-refractivity contribution >= 4 is 46.9 Å². The van der Waals surface area contributed by atoms with Crippen molar-refractivity contribution in [1.82, 2.24) is 16.0 Å². The van der Waals surface area contributed by atoms with Gasteiger partial charge < -0.3 is 20.2 Å². The zero-order valence-corrected chi connectivity index (χ0v) is 23.6. The number of aliphatic imine (C=N–C) groups is 1. The molecular weight excluding hydrogens is 532 g/mol. The number of thioether (sulfide) groups is 1. The highest BCUT2D eigenvalue weighted by molar-refractivity contribution is 8.17. The minimum atomic E-state index is -0.0803. The number of ether oxygens (including phenoxy) is 1. The molecule has 1 heterocycles. The number of carbonyl (C=O) groups excluding carboxylic acids is 3. The normalized spacial score (nSPS) is 12.5. The number of hydrogen-bond acceptors (Lipinski definition) is 8. The maximum Gasteiger partial charge on any atom is 0.251 e. The van der Waals surface area contributed by atoms with Crippen molar-refractivity contribution in [2.24, 2.45) is 10.9 Å². The first-order valence-corrected chi connectivity index (χ1v) is 14.3. The molecule has 0 unspecified atom stereocenters. The van der Waals surface area contributed by atoms with Gasteiger partial charge in [0.25, 0.3) is 5.91 Å². The Morgan fingerprint density at radius 3 is 2.51 bits per heavy atom. The van der Waals surface area contributed by atoms with E-state index in [0.29, 0.717) is 49.5 Å². The van der Waals surface area contributed by atoms with Crippen LogP contribution in [0.4, 0.5) is 0 Å². The first-order valence-electron chi connectivity index (χ1n) is 12.6. The highest BCUT2D eigenvalue weighted by Crippen LogP contribution is 2.41. The minimum Gasteiger partial charge on any atom is -0.361 e. The maximum absolute atomic E-state index is 12.4. The summed E-state index contributed by atoms with van der Waals surface area (Å²) in [4.78, 5) is 39.0. The van der Waals surface area contributed by atoms with Crippen LogP contribution in [0.2, 0.25) is 0 Å². The van der Waals surface area contributed by atoms with Gasteiger partial charge in [0.1, 0.15) is 6.79 Å². The van der Waals surface area contributed by atoms with E-state index >= 15 is 0 Å². The minimum absolute atomic E-state index is 0. The molecule has 0 aliphatic heterocycles. The van der Waals surface area contributed by atoms with Gasteiger partial charge in [0.2, 0.25) is 5.91 Å². The second kappa shape index (κ2) is 20.2. The van der Waals surface area contributed by atoms with E-state index in [1.165, 1.54) is 29.5 Å². The van der Waals surface area contributed by atoms with Crippen LogP contribution in [-0.2, 0) is 27.5 Å². The molecule has 39 heavy (non-hydrogen) atoms. The maximum atomic E-state index is 12.4. The SMILES string of the molecule is C.C=C(SC(=NC)NC(=O)CCCCCNC(=O)c1ccc(CNCOCc2cccs2)cc1)C1CC1.C=O. The van der Waals surface area contributed by atoms with Crippen molar-refractivity contribution in [3.05, 3.63) is 69.3 Å². The molecular formula is C29H42N4O4S2.